The minimum absolute atomic E-state index is 0.181. The lowest BCUT2D eigenvalue weighted by atomic mass is 9.89. The van der Waals surface area contributed by atoms with Gasteiger partial charge in [-0.25, -0.2) is 0 Å². The molecule has 0 saturated carbocycles. The Hall–Kier alpha value is -1.75. The van der Waals surface area contributed by atoms with Crippen molar-refractivity contribution in [2.45, 2.75) is 38.8 Å². The number of hydrogen-bond acceptors (Lipinski definition) is 4. The summed E-state index contributed by atoms with van der Waals surface area (Å²) in [4.78, 5) is 11.9. The van der Waals surface area contributed by atoms with Gasteiger partial charge in [0.2, 0.25) is 5.91 Å². The third-order valence-electron chi connectivity index (χ3n) is 3.76. The highest BCUT2D eigenvalue weighted by atomic mass is 16.6. The average molecular weight is 278 g/mol. The first kappa shape index (κ1) is 14.7. The van der Waals surface area contributed by atoms with E-state index in [1.807, 2.05) is 25.1 Å². The molecule has 0 radical (unpaired) electrons. The molecule has 0 aromatic heterocycles. The average Bonchev–Trinajstić information content (AvgIpc) is 2.46. The molecule has 1 aromatic carbocycles. The molecule has 0 aliphatic carbocycles. The first-order chi connectivity index (χ1) is 9.47. The van der Waals surface area contributed by atoms with Crippen molar-refractivity contribution >= 4 is 5.91 Å². The number of benzene rings is 1. The number of primary amides is 1. The summed E-state index contributed by atoms with van der Waals surface area (Å²) in [6.45, 7) is 6.95. The molecule has 5 heteroatoms. The quantitative estimate of drug-likeness (QED) is 0.857. The molecule has 1 aliphatic heterocycles. The molecule has 1 aromatic rings. The number of hydrogen-bond donors (Lipinski definition) is 2. The van der Waals surface area contributed by atoms with Crippen LogP contribution in [0.1, 0.15) is 32.8 Å². The van der Waals surface area contributed by atoms with Crippen molar-refractivity contribution in [1.29, 1.82) is 0 Å². The molecule has 1 amide bonds. The van der Waals surface area contributed by atoms with Gasteiger partial charge in [-0.3, -0.25) is 10.1 Å². The lowest BCUT2D eigenvalue weighted by molar-refractivity contribution is -0.124. The Bertz CT molecular complexity index is 504. The van der Waals surface area contributed by atoms with Crippen LogP contribution in [0.25, 0.3) is 0 Å². The maximum atomic E-state index is 11.9. The van der Waals surface area contributed by atoms with Crippen LogP contribution in [-0.2, 0) is 10.3 Å². The molecule has 2 unspecified atom stereocenters. The Morgan fingerprint density at radius 3 is 2.65 bits per heavy atom. The number of nitrogens with one attached hydrogen (secondary N) is 1. The molecule has 2 atom stereocenters. The molecule has 5 nitrogen and oxygen atoms in total. The second-order valence-corrected chi connectivity index (χ2v) is 5.30. The fourth-order valence-electron chi connectivity index (χ4n) is 2.25. The molecule has 20 heavy (non-hydrogen) atoms. The SMILES string of the molecule is CCC(C)NC(C)(C(N)=O)c1ccc2c(c1)OCCO2. The normalized spacial score (nSPS) is 18.1. The molecule has 0 spiro atoms. The molecule has 1 heterocycles. The first-order valence-corrected chi connectivity index (χ1v) is 6.95. The number of fused-ring (bicyclic) bond motifs is 1. The summed E-state index contributed by atoms with van der Waals surface area (Å²) in [6.07, 6.45) is 0.910. The Morgan fingerprint density at radius 1 is 1.40 bits per heavy atom. The van der Waals surface area contributed by atoms with Crippen LogP contribution < -0.4 is 20.5 Å². The molecular weight excluding hydrogens is 256 g/mol. The smallest absolute Gasteiger partial charge is 0.242 e. The van der Waals surface area contributed by atoms with Crippen molar-refractivity contribution in [2.75, 3.05) is 13.2 Å². The zero-order chi connectivity index (χ0) is 14.8. The van der Waals surface area contributed by atoms with Gasteiger partial charge < -0.3 is 15.2 Å². The van der Waals surface area contributed by atoms with E-state index in [0.717, 1.165) is 12.0 Å². The fourth-order valence-corrected chi connectivity index (χ4v) is 2.25. The number of nitrogens with two attached hydrogens (primary N) is 1. The number of rotatable bonds is 5. The van der Waals surface area contributed by atoms with Gasteiger partial charge in [0.1, 0.15) is 18.8 Å². The maximum Gasteiger partial charge on any atom is 0.242 e. The summed E-state index contributed by atoms with van der Waals surface area (Å²) < 4.78 is 11.1. The van der Waals surface area contributed by atoms with Crippen molar-refractivity contribution in [2.24, 2.45) is 5.73 Å². The Morgan fingerprint density at radius 2 is 2.05 bits per heavy atom. The molecule has 110 valence electrons. The highest BCUT2D eigenvalue weighted by Gasteiger charge is 2.35. The van der Waals surface area contributed by atoms with E-state index in [4.69, 9.17) is 15.2 Å². The van der Waals surface area contributed by atoms with E-state index in [1.165, 1.54) is 0 Å². The zero-order valence-corrected chi connectivity index (χ0v) is 12.2. The number of ether oxygens (including phenoxy) is 2. The van der Waals surface area contributed by atoms with Gasteiger partial charge in [-0.2, -0.15) is 0 Å². The maximum absolute atomic E-state index is 11.9. The number of amides is 1. The summed E-state index contributed by atoms with van der Waals surface area (Å²) in [5, 5.41) is 3.29. The lowest BCUT2D eigenvalue weighted by Gasteiger charge is -2.32. The van der Waals surface area contributed by atoms with E-state index < -0.39 is 11.4 Å². The van der Waals surface area contributed by atoms with Crippen molar-refractivity contribution in [3.8, 4) is 11.5 Å². The van der Waals surface area contributed by atoms with Gasteiger partial charge in [0.15, 0.2) is 11.5 Å². The van der Waals surface area contributed by atoms with Gasteiger partial charge in [-0.15, -0.1) is 0 Å². The molecule has 1 aliphatic rings. The van der Waals surface area contributed by atoms with Gasteiger partial charge in [0, 0.05) is 6.04 Å². The van der Waals surface area contributed by atoms with Crippen LogP contribution in [0.2, 0.25) is 0 Å². The van der Waals surface area contributed by atoms with Gasteiger partial charge in [0.05, 0.1) is 0 Å². The zero-order valence-electron chi connectivity index (χ0n) is 12.2. The highest BCUT2D eigenvalue weighted by molar-refractivity contribution is 5.86. The predicted octanol–water partition coefficient (Wildman–Crippen LogP) is 1.55. The van der Waals surface area contributed by atoms with E-state index >= 15 is 0 Å². The van der Waals surface area contributed by atoms with Crippen molar-refractivity contribution in [1.82, 2.24) is 5.32 Å². The van der Waals surface area contributed by atoms with E-state index in [2.05, 4.69) is 12.2 Å². The molecular formula is C15H22N2O3. The van der Waals surface area contributed by atoms with Gasteiger partial charge in [0.25, 0.3) is 0 Å². The standard InChI is InChI=1S/C15H22N2O3/c1-4-10(2)17-15(3,14(16)18)11-5-6-12-13(9-11)20-8-7-19-12/h5-6,9-10,17H,4,7-8H2,1-3H3,(H2,16,18). The van der Waals surface area contributed by atoms with Gasteiger partial charge >= 0.3 is 0 Å². The minimum atomic E-state index is -0.925. The van der Waals surface area contributed by atoms with Crippen molar-refractivity contribution < 1.29 is 14.3 Å². The molecule has 3 N–H and O–H groups in total. The van der Waals surface area contributed by atoms with Gasteiger partial charge in [-0.05, 0) is 38.0 Å². The van der Waals surface area contributed by atoms with Crippen LogP contribution in [0.15, 0.2) is 18.2 Å². The predicted molar refractivity (Wildman–Crippen MR) is 76.9 cm³/mol. The first-order valence-electron chi connectivity index (χ1n) is 6.95. The summed E-state index contributed by atoms with van der Waals surface area (Å²) in [5.41, 5.74) is 5.47. The molecule has 0 fully saturated rings. The van der Waals surface area contributed by atoms with Crippen LogP contribution in [-0.4, -0.2) is 25.2 Å². The Labute approximate surface area is 119 Å². The lowest BCUT2D eigenvalue weighted by Crippen LogP contribution is -2.53. The fraction of sp³-hybridized carbons (Fsp3) is 0.533. The molecule has 0 bridgehead atoms. The van der Waals surface area contributed by atoms with Gasteiger partial charge in [-0.1, -0.05) is 13.0 Å². The third-order valence-corrected chi connectivity index (χ3v) is 3.76. The van der Waals surface area contributed by atoms with Crippen LogP contribution >= 0.6 is 0 Å². The minimum Gasteiger partial charge on any atom is -0.486 e. The van der Waals surface area contributed by atoms with Crippen LogP contribution in [0.5, 0.6) is 11.5 Å². The second kappa shape index (κ2) is 5.71. The largest absolute Gasteiger partial charge is 0.486 e. The van der Waals surface area contributed by atoms with Crippen molar-refractivity contribution in [3.05, 3.63) is 23.8 Å². The number of carbonyl (C=O) groups is 1. The summed E-state index contributed by atoms with van der Waals surface area (Å²) in [5.74, 6) is 0.956. The number of carbonyl (C=O) groups excluding carboxylic acids is 1. The van der Waals surface area contributed by atoms with E-state index in [-0.39, 0.29) is 6.04 Å². The van der Waals surface area contributed by atoms with E-state index in [1.54, 1.807) is 6.92 Å². The van der Waals surface area contributed by atoms with Crippen LogP contribution in [0.4, 0.5) is 0 Å². The van der Waals surface area contributed by atoms with E-state index in [0.29, 0.717) is 24.7 Å². The second-order valence-electron chi connectivity index (χ2n) is 5.30. The van der Waals surface area contributed by atoms with E-state index in [9.17, 15) is 4.79 Å². The van der Waals surface area contributed by atoms with Crippen LogP contribution in [0, 0.1) is 0 Å². The topological polar surface area (TPSA) is 73.6 Å². The molecule has 0 saturated heterocycles. The highest BCUT2D eigenvalue weighted by Crippen LogP contribution is 2.34. The summed E-state index contributed by atoms with van der Waals surface area (Å²) >= 11 is 0. The van der Waals surface area contributed by atoms with Crippen LogP contribution in [0.3, 0.4) is 0 Å². The summed E-state index contributed by atoms with van der Waals surface area (Å²) in [7, 11) is 0. The molecule has 2 rings (SSSR count). The monoisotopic (exact) mass is 278 g/mol. The van der Waals surface area contributed by atoms with Crippen molar-refractivity contribution in [3.63, 3.8) is 0 Å². The Kier molecular flexibility index (Phi) is 4.18. The summed E-state index contributed by atoms with van der Waals surface area (Å²) in [6, 6.07) is 5.69. The Balaban J connectivity index is 2.36. The third kappa shape index (κ3) is 2.72.